The molecule has 6 nitrogen and oxygen atoms in total. The number of rotatable bonds is 7. The Labute approximate surface area is 120 Å². The van der Waals surface area contributed by atoms with Crippen molar-refractivity contribution in [2.24, 2.45) is 5.92 Å². The molecule has 1 aliphatic rings. The number of hydrogen-bond acceptors (Lipinski definition) is 4. The molecule has 2 rings (SSSR count). The minimum Gasteiger partial charge on any atom is -0.396 e. The summed E-state index contributed by atoms with van der Waals surface area (Å²) < 4.78 is 27.9. The van der Waals surface area contributed by atoms with Crippen LogP contribution in [0.4, 0.5) is 0 Å². The lowest BCUT2D eigenvalue weighted by molar-refractivity contribution is 0.277. The first kappa shape index (κ1) is 15.5. The fourth-order valence-corrected chi connectivity index (χ4v) is 3.87. The molecule has 7 heteroatoms. The predicted octanol–water partition coefficient (Wildman–Crippen LogP) is 1.08. The highest BCUT2D eigenvalue weighted by Crippen LogP contribution is 2.26. The van der Waals surface area contributed by atoms with Gasteiger partial charge in [-0.2, -0.15) is 5.10 Å². The van der Waals surface area contributed by atoms with Crippen LogP contribution in [0.3, 0.4) is 0 Å². The van der Waals surface area contributed by atoms with Gasteiger partial charge >= 0.3 is 0 Å². The third kappa shape index (κ3) is 3.59. The molecule has 0 aromatic carbocycles. The molecule has 0 radical (unpaired) electrons. The van der Waals surface area contributed by atoms with Crippen molar-refractivity contribution in [1.29, 1.82) is 0 Å². The van der Waals surface area contributed by atoms with E-state index in [0.29, 0.717) is 25.4 Å². The number of sulfonamides is 1. The fraction of sp³-hybridized carbons (Fsp3) is 0.769. The zero-order chi connectivity index (χ0) is 14.6. The Balaban J connectivity index is 2.02. The van der Waals surface area contributed by atoms with Crippen LogP contribution in [-0.2, 0) is 16.6 Å². The second kappa shape index (κ2) is 6.69. The molecule has 20 heavy (non-hydrogen) atoms. The van der Waals surface area contributed by atoms with Gasteiger partial charge < -0.3 is 5.11 Å². The lowest BCUT2D eigenvalue weighted by atomic mass is 10.1. The van der Waals surface area contributed by atoms with Gasteiger partial charge in [-0.15, -0.1) is 0 Å². The number of aliphatic hydroxyl groups excluding tert-OH is 1. The van der Waals surface area contributed by atoms with E-state index in [1.54, 1.807) is 11.7 Å². The first-order valence-corrected chi connectivity index (χ1v) is 8.57. The van der Waals surface area contributed by atoms with Crippen LogP contribution in [0.1, 0.15) is 32.1 Å². The van der Waals surface area contributed by atoms with E-state index in [1.165, 1.54) is 29.5 Å². The second-order valence-corrected chi connectivity index (χ2v) is 7.50. The Morgan fingerprint density at radius 1 is 1.45 bits per heavy atom. The summed E-state index contributed by atoms with van der Waals surface area (Å²) in [6, 6.07) is 0. The van der Waals surface area contributed by atoms with E-state index in [2.05, 4.69) is 5.10 Å². The van der Waals surface area contributed by atoms with Crippen LogP contribution in [0.5, 0.6) is 0 Å². The highest BCUT2D eigenvalue weighted by Gasteiger charge is 2.26. The van der Waals surface area contributed by atoms with Crippen molar-refractivity contribution in [3.05, 3.63) is 12.4 Å². The van der Waals surface area contributed by atoms with E-state index >= 15 is 0 Å². The molecule has 0 bridgehead atoms. The van der Waals surface area contributed by atoms with Crippen LogP contribution in [0.2, 0.25) is 0 Å². The Morgan fingerprint density at radius 2 is 2.15 bits per heavy atom. The van der Waals surface area contributed by atoms with Crippen molar-refractivity contribution < 1.29 is 13.5 Å². The van der Waals surface area contributed by atoms with E-state index in [1.807, 2.05) is 0 Å². The van der Waals surface area contributed by atoms with E-state index in [9.17, 15) is 8.42 Å². The van der Waals surface area contributed by atoms with Gasteiger partial charge in [0.05, 0.1) is 6.20 Å². The zero-order valence-corrected chi connectivity index (χ0v) is 12.7. The maximum atomic E-state index is 12.4. The van der Waals surface area contributed by atoms with Gasteiger partial charge in [-0.25, -0.2) is 12.7 Å². The van der Waals surface area contributed by atoms with Crippen molar-refractivity contribution in [2.45, 2.75) is 43.5 Å². The Hall–Kier alpha value is -0.920. The second-order valence-electron chi connectivity index (χ2n) is 5.45. The van der Waals surface area contributed by atoms with Crippen LogP contribution >= 0.6 is 0 Å². The van der Waals surface area contributed by atoms with Gasteiger partial charge in [0.1, 0.15) is 4.90 Å². The molecule has 1 fully saturated rings. The third-order valence-electron chi connectivity index (χ3n) is 3.85. The number of aryl methyl sites for hydroxylation is 1. The molecule has 114 valence electrons. The number of nitrogens with zero attached hydrogens (tertiary/aromatic N) is 3. The minimum absolute atomic E-state index is 0.0729. The van der Waals surface area contributed by atoms with Gasteiger partial charge in [0.2, 0.25) is 10.0 Å². The quantitative estimate of drug-likeness (QED) is 0.817. The molecular weight excluding hydrogens is 278 g/mol. The molecule has 0 spiro atoms. The standard InChI is InChI=1S/C13H23N3O3S/c1-15(10-12-5-2-3-6-12)20(18,19)13-9-14-16(11-13)7-4-8-17/h9,11-12,17H,2-8,10H2,1H3. The molecule has 0 saturated heterocycles. The third-order valence-corrected chi connectivity index (χ3v) is 5.63. The molecule has 1 aromatic rings. The molecule has 1 heterocycles. The fourth-order valence-electron chi connectivity index (χ4n) is 2.67. The van der Waals surface area contributed by atoms with Crippen molar-refractivity contribution >= 4 is 10.0 Å². The Morgan fingerprint density at radius 3 is 2.80 bits per heavy atom. The summed E-state index contributed by atoms with van der Waals surface area (Å²) in [6.45, 7) is 1.19. The summed E-state index contributed by atoms with van der Waals surface area (Å²) in [5.74, 6) is 0.485. The normalized spacial score (nSPS) is 17.1. The van der Waals surface area contributed by atoms with Gasteiger partial charge in [0, 0.05) is 32.9 Å². The topological polar surface area (TPSA) is 75.4 Å². The number of aromatic nitrogens is 2. The lowest BCUT2D eigenvalue weighted by Crippen LogP contribution is -2.31. The van der Waals surface area contributed by atoms with Crippen molar-refractivity contribution in [3.63, 3.8) is 0 Å². The largest absolute Gasteiger partial charge is 0.396 e. The van der Waals surface area contributed by atoms with E-state index in [-0.39, 0.29) is 11.5 Å². The molecule has 0 aliphatic heterocycles. The van der Waals surface area contributed by atoms with E-state index < -0.39 is 10.0 Å². The smallest absolute Gasteiger partial charge is 0.245 e. The molecule has 0 amide bonds. The molecule has 1 aliphatic carbocycles. The summed E-state index contributed by atoms with van der Waals surface area (Å²) >= 11 is 0. The predicted molar refractivity (Wildman–Crippen MR) is 75.7 cm³/mol. The molecule has 1 aromatic heterocycles. The van der Waals surface area contributed by atoms with E-state index in [4.69, 9.17) is 5.11 Å². The van der Waals surface area contributed by atoms with Crippen molar-refractivity contribution in [2.75, 3.05) is 20.2 Å². The van der Waals surface area contributed by atoms with Gasteiger partial charge in [-0.3, -0.25) is 4.68 Å². The number of aliphatic hydroxyl groups is 1. The summed E-state index contributed by atoms with van der Waals surface area (Å²) in [4.78, 5) is 0.232. The van der Waals surface area contributed by atoms with Crippen LogP contribution in [0.15, 0.2) is 17.3 Å². The van der Waals surface area contributed by atoms with Gasteiger partial charge in [-0.05, 0) is 25.2 Å². The minimum atomic E-state index is -3.44. The molecule has 0 atom stereocenters. The number of hydrogen-bond donors (Lipinski definition) is 1. The summed E-state index contributed by atoms with van der Waals surface area (Å²) in [5, 5.41) is 12.8. The Bertz CT molecular complexity index is 521. The van der Waals surface area contributed by atoms with Gasteiger partial charge in [0.25, 0.3) is 0 Å². The molecule has 1 saturated carbocycles. The average molecular weight is 301 g/mol. The van der Waals surface area contributed by atoms with E-state index in [0.717, 1.165) is 12.8 Å². The van der Waals surface area contributed by atoms with Crippen molar-refractivity contribution in [3.8, 4) is 0 Å². The van der Waals surface area contributed by atoms with Crippen LogP contribution in [-0.4, -0.2) is 47.8 Å². The first-order valence-electron chi connectivity index (χ1n) is 7.13. The maximum Gasteiger partial charge on any atom is 0.245 e. The molecule has 1 N–H and O–H groups in total. The monoisotopic (exact) mass is 301 g/mol. The van der Waals surface area contributed by atoms with Crippen LogP contribution in [0.25, 0.3) is 0 Å². The van der Waals surface area contributed by atoms with Crippen molar-refractivity contribution in [1.82, 2.24) is 14.1 Å². The average Bonchev–Trinajstić information content (AvgIpc) is 3.07. The van der Waals surface area contributed by atoms with Crippen LogP contribution < -0.4 is 0 Å². The van der Waals surface area contributed by atoms with Crippen LogP contribution in [0, 0.1) is 5.92 Å². The summed E-state index contributed by atoms with van der Waals surface area (Å²) in [7, 11) is -1.81. The van der Waals surface area contributed by atoms with Gasteiger partial charge in [0.15, 0.2) is 0 Å². The summed E-state index contributed by atoms with van der Waals surface area (Å²) in [6.07, 6.45) is 8.15. The lowest BCUT2D eigenvalue weighted by Gasteiger charge is -2.19. The molecular formula is C13H23N3O3S. The maximum absolute atomic E-state index is 12.4. The Kier molecular flexibility index (Phi) is 5.17. The first-order chi connectivity index (χ1) is 9.54. The van der Waals surface area contributed by atoms with Gasteiger partial charge in [-0.1, -0.05) is 12.8 Å². The zero-order valence-electron chi connectivity index (χ0n) is 11.9. The SMILES string of the molecule is CN(CC1CCCC1)S(=O)(=O)c1cnn(CCCO)c1. The summed E-state index contributed by atoms with van der Waals surface area (Å²) in [5.41, 5.74) is 0. The molecule has 0 unspecified atom stereocenters. The highest BCUT2D eigenvalue weighted by molar-refractivity contribution is 7.89. The highest BCUT2D eigenvalue weighted by atomic mass is 32.2.